The van der Waals surface area contributed by atoms with E-state index in [9.17, 15) is 23.6 Å². The highest BCUT2D eigenvalue weighted by Gasteiger charge is 2.36. The van der Waals surface area contributed by atoms with Crippen LogP contribution < -0.4 is 37.2 Å². The van der Waals surface area contributed by atoms with E-state index in [4.69, 9.17) is 4.98 Å². The molecule has 5 aliphatic rings. The van der Waals surface area contributed by atoms with Crippen LogP contribution in [0.4, 0.5) is 15.8 Å². The van der Waals surface area contributed by atoms with Crippen molar-refractivity contribution in [2.45, 2.75) is 297 Å². The van der Waals surface area contributed by atoms with E-state index in [-0.39, 0.29) is 47.6 Å². The van der Waals surface area contributed by atoms with Crippen molar-refractivity contribution in [1.29, 1.82) is 0 Å². The molecule has 6 N–H and O–H groups in total. The molecular weight excluding hydrogens is 1510 g/mol. The number of halogens is 1. The first-order chi connectivity index (χ1) is 56.9. The fraction of sp³-hybridized carbons (Fsp3) is 0.693. The maximum atomic E-state index is 14.2. The number of fused-ring (bicyclic) bond motifs is 2. The molecule has 674 valence electrons. The third kappa shape index (κ3) is 36.9. The van der Waals surface area contributed by atoms with Gasteiger partial charge in [-0.25, -0.2) is 14.2 Å². The topological polar surface area (TPSA) is 178 Å². The van der Waals surface area contributed by atoms with E-state index in [0.29, 0.717) is 72.0 Å². The van der Waals surface area contributed by atoms with Crippen LogP contribution in [0.5, 0.6) is 0 Å². The minimum absolute atomic E-state index is 0.0446. The molecule has 0 atom stereocenters. The van der Waals surface area contributed by atoms with Crippen molar-refractivity contribution < 1.29 is 18.8 Å². The van der Waals surface area contributed by atoms with Crippen molar-refractivity contribution in [2.24, 2.45) is 47.3 Å². The Kier molecular flexibility index (Phi) is 45.5. The number of amides is 3. The lowest BCUT2D eigenvalue weighted by molar-refractivity contribution is -0.127. The third-order valence-corrected chi connectivity index (χ3v) is 24.8. The Morgan fingerprint density at radius 1 is 0.533 bits per heavy atom. The van der Waals surface area contributed by atoms with Gasteiger partial charge in [-0.15, -0.1) is 11.3 Å². The molecule has 0 unspecified atom stereocenters. The Morgan fingerprint density at radius 2 is 1.06 bits per heavy atom. The van der Waals surface area contributed by atoms with Crippen LogP contribution in [0.1, 0.15) is 310 Å². The van der Waals surface area contributed by atoms with E-state index < -0.39 is 0 Å². The zero-order chi connectivity index (χ0) is 88.3. The zero-order valence-electron chi connectivity index (χ0n) is 79.6. The molecular formula is C101H168FN13O4S. The van der Waals surface area contributed by atoms with Crippen LogP contribution in [0.2, 0.25) is 0 Å². The van der Waals surface area contributed by atoms with E-state index >= 15 is 0 Å². The number of imidazole rings is 1. The number of thiazole rings is 1. The summed E-state index contributed by atoms with van der Waals surface area (Å²) >= 11 is 1.79. The molecule has 0 radical (unpaired) electrons. The number of carbonyl (C=O) groups is 3. The summed E-state index contributed by atoms with van der Waals surface area (Å²) in [7, 11) is 0. The van der Waals surface area contributed by atoms with Gasteiger partial charge in [-0.2, -0.15) is 0 Å². The monoisotopic (exact) mass is 1680 g/mol. The minimum Gasteiger partial charge on any atom is -0.355 e. The third-order valence-electron chi connectivity index (χ3n) is 23.6. The molecule has 17 nitrogen and oxygen atoms in total. The summed E-state index contributed by atoms with van der Waals surface area (Å²) in [6, 6.07) is 27.9. The van der Waals surface area contributed by atoms with E-state index in [1.165, 1.54) is 105 Å². The first kappa shape index (κ1) is 103. The van der Waals surface area contributed by atoms with Gasteiger partial charge in [0.1, 0.15) is 12.2 Å². The van der Waals surface area contributed by atoms with Crippen molar-refractivity contribution in [3.8, 4) is 0 Å². The second-order valence-electron chi connectivity index (χ2n) is 39.7. The summed E-state index contributed by atoms with van der Waals surface area (Å²) in [4.78, 5) is 68.4. The average Bonchev–Trinajstić information content (AvgIpc) is 1.66. The van der Waals surface area contributed by atoms with Crippen LogP contribution in [-0.4, -0.2) is 175 Å². The molecule has 2 aromatic heterocycles. The van der Waals surface area contributed by atoms with Gasteiger partial charge in [-0.3, -0.25) is 19.0 Å². The standard InChI is InChI=1S/C20H29FN2O.C19H29N3O.C16H29N3S.C16H24N2O2.C15H32N2.C15H25N/c1-13(2)12-22-7-5-16(6-8-22)23-19-11-17(14(3)4)18(21)9-15(19)10-20(23)24;1-13(2)12-21-9-7-16(8-10-21)22-18-6-5-15(14(3)4)11-17(18)20-19(22)23;1-12(2)10-19-7-5-14(6-8-19)17-9-15-11-20-16(18-15)13(3)4;1-11(2)10-17-15(19)9-16(20)18-14-7-5-6-13(8-14)12(3)4;1-13(2)12-16-8-5-9-17-10-6-15(7-11-17)14(3)4;1-12(2)11-16-10-9-14-5-7-15(8-6-14)13(3)4/h9,11,13-14,16H,5-8,10,12H2,1-4H3;5-6,11,13-14,16H,7-10,12H2,1-4H3,(H,20,23);11-14,17H,5-10H2,1-4H3;5-8,11-12H,9-10H2,1-4H3,(H,17,19)(H,18,20);13-16H,5-12H2,1-4H3;5-8,12-13,16H,9-11H2,1-4H3/i21-1;;;;;. The quantitative estimate of drug-likeness (QED) is 0.0170. The Hall–Kier alpha value is -6.16. The molecule has 4 saturated heterocycles. The number of carbonyl (C=O) groups excluding carboxylic acids is 3. The summed E-state index contributed by atoms with van der Waals surface area (Å²) in [6.07, 6.45) is 12.1. The van der Waals surface area contributed by atoms with Gasteiger partial charge in [-0.1, -0.05) is 209 Å². The van der Waals surface area contributed by atoms with Gasteiger partial charge in [0.2, 0.25) is 17.7 Å². The van der Waals surface area contributed by atoms with Crippen molar-refractivity contribution in [3.05, 3.63) is 145 Å². The lowest BCUT2D eigenvalue weighted by atomic mass is 9.87. The SMILES string of the molecule is CC(C)CN1CCC(N2C(=O)Cc3cc([18F])c(C(C)C)cc32)CC1.CC(C)CN1CCC(NCc2csc(C(C)C)n2)CC1.CC(C)CN1CCC(n2c(=O)[nH]c3cc(C(C)C)ccc32)CC1.CC(C)CNC(=O)CC(=O)Nc1cccc(C(C)C)c1.CC(C)CNCCCN1CCC(C(C)C)CC1.CC(C)CNCCc1ccc(C(C)C)cc1. The first-order valence-electron chi connectivity index (χ1n) is 47.1. The van der Waals surface area contributed by atoms with Gasteiger partial charge >= 0.3 is 5.69 Å². The molecule has 7 heterocycles. The number of hydrogen-bond acceptors (Lipinski definition) is 13. The van der Waals surface area contributed by atoms with Crippen LogP contribution in [0.15, 0.2) is 89.0 Å². The summed E-state index contributed by atoms with van der Waals surface area (Å²) in [6.45, 7) is 73.1. The van der Waals surface area contributed by atoms with E-state index in [0.717, 1.165) is 161 Å². The van der Waals surface area contributed by atoms with E-state index in [1.54, 1.807) is 17.4 Å². The van der Waals surface area contributed by atoms with Gasteiger partial charge < -0.3 is 56.1 Å². The predicted octanol–water partition coefficient (Wildman–Crippen LogP) is 20.7. The maximum Gasteiger partial charge on any atom is 0.326 e. The Balaban J connectivity index is 0.000000225. The molecule has 120 heavy (non-hydrogen) atoms. The molecule has 0 saturated carbocycles. The number of nitrogens with zero attached hydrogens (tertiary/aromatic N) is 7. The lowest BCUT2D eigenvalue weighted by Crippen LogP contribution is -2.47. The molecule has 4 fully saturated rings. The van der Waals surface area contributed by atoms with Gasteiger partial charge in [-0.05, 0) is 264 Å². The molecule has 11 rings (SSSR count). The smallest absolute Gasteiger partial charge is 0.326 e. The maximum absolute atomic E-state index is 14.2. The van der Waals surface area contributed by atoms with E-state index in [1.807, 2.05) is 67.5 Å². The van der Waals surface area contributed by atoms with Crippen molar-refractivity contribution >= 4 is 51.5 Å². The number of benzene rings is 4. The van der Waals surface area contributed by atoms with Crippen LogP contribution in [0.3, 0.4) is 0 Å². The molecule has 0 spiro atoms. The van der Waals surface area contributed by atoms with Gasteiger partial charge in [0.15, 0.2) is 0 Å². The van der Waals surface area contributed by atoms with Crippen molar-refractivity contribution in [2.75, 3.05) is 121 Å². The number of hydrogen-bond donors (Lipinski definition) is 6. The second kappa shape index (κ2) is 53.2. The number of rotatable bonds is 33. The molecule has 4 aromatic carbocycles. The van der Waals surface area contributed by atoms with Crippen LogP contribution in [0.25, 0.3) is 11.0 Å². The highest BCUT2D eigenvalue weighted by Crippen LogP contribution is 2.38. The number of nitrogens with one attached hydrogen (secondary N) is 6. The first-order valence-corrected chi connectivity index (χ1v) is 47.9. The highest BCUT2D eigenvalue weighted by molar-refractivity contribution is 7.09. The number of piperidine rings is 4. The van der Waals surface area contributed by atoms with Gasteiger partial charge in [0.05, 0.1) is 28.2 Å². The molecule has 5 aliphatic heterocycles. The van der Waals surface area contributed by atoms with Crippen molar-refractivity contribution in [1.82, 2.24) is 55.4 Å². The fourth-order valence-electron chi connectivity index (χ4n) is 16.6. The minimum atomic E-state index is -0.285. The Labute approximate surface area is 732 Å². The summed E-state index contributed by atoms with van der Waals surface area (Å²) in [5, 5.41) is 19.6. The molecule has 0 aliphatic carbocycles. The fourth-order valence-corrected chi connectivity index (χ4v) is 17.5. The van der Waals surface area contributed by atoms with Crippen LogP contribution in [-0.2, 0) is 33.8 Å². The normalized spacial score (nSPS) is 16.4. The average molecular weight is 1680 g/mol. The summed E-state index contributed by atoms with van der Waals surface area (Å²) < 4.78 is 16.2. The number of H-pyrrole nitrogens is 1. The summed E-state index contributed by atoms with van der Waals surface area (Å²) in [5.41, 5.74) is 11.8. The highest BCUT2D eigenvalue weighted by atomic mass is 32.1. The zero-order valence-corrected chi connectivity index (χ0v) is 80.4. The lowest BCUT2D eigenvalue weighted by Gasteiger charge is -2.37. The van der Waals surface area contributed by atoms with Gasteiger partial charge in [0.25, 0.3) is 0 Å². The predicted molar refractivity (Wildman–Crippen MR) is 509 cm³/mol. The molecule has 3 amide bonds. The Morgan fingerprint density at radius 3 is 1.57 bits per heavy atom. The Bertz CT molecular complexity index is 3930. The van der Waals surface area contributed by atoms with E-state index in [2.05, 4.69) is 237 Å². The van der Waals surface area contributed by atoms with Crippen LogP contribution >= 0.6 is 11.3 Å². The molecule has 6 aromatic rings. The number of anilines is 2. The van der Waals surface area contributed by atoms with Crippen LogP contribution in [0, 0.1) is 53.2 Å². The largest absolute Gasteiger partial charge is 0.355 e. The number of aromatic nitrogens is 3. The summed E-state index contributed by atoms with van der Waals surface area (Å²) in [5.74, 6) is 7.53. The molecule has 0 bridgehead atoms. The second-order valence-corrected chi connectivity index (χ2v) is 40.6. The van der Waals surface area contributed by atoms with Crippen molar-refractivity contribution in [3.63, 3.8) is 0 Å². The molecule has 19 heteroatoms. The number of aromatic amines is 1. The van der Waals surface area contributed by atoms with Gasteiger partial charge in [0, 0.05) is 99.7 Å². The number of likely N-dealkylation sites (tertiary alicyclic amines) is 4.